The van der Waals surface area contributed by atoms with Crippen LogP contribution in [0.5, 0.6) is 0 Å². The molecule has 3 rings (SSSR count). The van der Waals surface area contributed by atoms with E-state index < -0.39 is 6.04 Å². The molecule has 0 heterocycles. The van der Waals surface area contributed by atoms with E-state index in [9.17, 15) is 14.0 Å². The van der Waals surface area contributed by atoms with Crippen molar-refractivity contribution in [2.24, 2.45) is 0 Å². The maximum atomic E-state index is 13.5. The van der Waals surface area contributed by atoms with Crippen LogP contribution in [0.1, 0.15) is 29.2 Å². The number of benzene rings is 3. The maximum Gasteiger partial charge on any atom is 0.243 e. The second-order valence-electron chi connectivity index (χ2n) is 7.91. The monoisotopic (exact) mass is 432 g/mol. The van der Waals surface area contributed by atoms with Gasteiger partial charge in [-0.15, -0.1) is 0 Å². The fraction of sp³-hybridized carbons (Fsp3) is 0.259. The van der Waals surface area contributed by atoms with E-state index in [1.54, 1.807) is 17.0 Å². The molecule has 0 fully saturated rings. The molecule has 5 heteroatoms. The van der Waals surface area contributed by atoms with Gasteiger partial charge in [0.05, 0.1) is 6.42 Å². The first-order valence-corrected chi connectivity index (χ1v) is 10.9. The summed E-state index contributed by atoms with van der Waals surface area (Å²) in [7, 11) is 0. The van der Waals surface area contributed by atoms with E-state index in [-0.39, 0.29) is 30.6 Å². The number of rotatable bonds is 9. The van der Waals surface area contributed by atoms with Gasteiger partial charge in [0.2, 0.25) is 11.8 Å². The zero-order valence-corrected chi connectivity index (χ0v) is 18.6. The quantitative estimate of drug-likeness (QED) is 0.543. The van der Waals surface area contributed by atoms with E-state index in [4.69, 9.17) is 0 Å². The highest BCUT2D eigenvalue weighted by Gasteiger charge is 2.30. The van der Waals surface area contributed by atoms with Crippen molar-refractivity contribution in [2.75, 3.05) is 6.54 Å². The van der Waals surface area contributed by atoms with E-state index in [2.05, 4.69) is 5.32 Å². The Bertz CT molecular complexity index is 1040. The summed E-state index contributed by atoms with van der Waals surface area (Å²) in [5, 5.41) is 2.88. The normalized spacial score (nSPS) is 11.6. The van der Waals surface area contributed by atoms with Crippen molar-refractivity contribution in [2.45, 2.75) is 39.3 Å². The van der Waals surface area contributed by atoms with Crippen LogP contribution < -0.4 is 5.32 Å². The molecule has 3 aromatic carbocycles. The third kappa shape index (κ3) is 6.51. The lowest BCUT2D eigenvalue weighted by Crippen LogP contribution is -2.50. The number of hydrogen-bond acceptors (Lipinski definition) is 2. The average molecular weight is 433 g/mol. The van der Waals surface area contributed by atoms with E-state index in [1.165, 1.54) is 12.1 Å². The molecule has 0 saturated carbocycles. The molecule has 1 atom stereocenters. The minimum Gasteiger partial charge on any atom is -0.355 e. The van der Waals surface area contributed by atoms with Gasteiger partial charge in [0.1, 0.15) is 11.9 Å². The van der Waals surface area contributed by atoms with Crippen LogP contribution in [0.4, 0.5) is 4.39 Å². The van der Waals surface area contributed by atoms with Gasteiger partial charge >= 0.3 is 0 Å². The molecule has 0 unspecified atom stereocenters. The molecule has 0 radical (unpaired) electrons. The number of aryl methyl sites for hydroxylation is 1. The van der Waals surface area contributed by atoms with Gasteiger partial charge in [0.25, 0.3) is 0 Å². The molecule has 1 N–H and O–H groups in total. The summed E-state index contributed by atoms with van der Waals surface area (Å²) < 4.78 is 13.4. The SMILES string of the molecule is CCNC(=O)[C@H](Cc1ccccc1)N(Cc1ccc(F)cc1)C(=O)Cc1cccc(C)c1. The van der Waals surface area contributed by atoms with E-state index >= 15 is 0 Å². The second kappa shape index (κ2) is 11.2. The van der Waals surface area contributed by atoms with Gasteiger partial charge in [-0.2, -0.15) is 0 Å². The van der Waals surface area contributed by atoms with E-state index in [1.807, 2.05) is 68.4 Å². The Balaban J connectivity index is 1.94. The van der Waals surface area contributed by atoms with Crippen molar-refractivity contribution in [3.8, 4) is 0 Å². The van der Waals surface area contributed by atoms with Crippen LogP contribution in [-0.2, 0) is 29.0 Å². The molecule has 0 aromatic heterocycles. The highest BCUT2D eigenvalue weighted by molar-refractivity contribution is 5.88. The smallest absolute Gasteiger partial charge is 0.243 e. The average Bonchev–Trinajstić information content (AvgIpc) is 2.78. The number of hydrogen-bond donors (Lipinski definition) is 1. The topological polar surface area (TPSA) is 49.4 Å². The molecule has 0 bridgehead atoms. The second-order valence-corrected chi connectivity index (χ2v) is 7.91. The lowest BCUT2D eigenvalue weighted by atomic mass is 10.0. The van der Waals surface area contributed by atoms with Crippen LogP contribution in [0.2, 0.25) is 0 Å². The molecule has 0 aliphatic carbocycles. The summed E-state index contributed by atoms with van der Waals surface area (Å²) in [5.41, 5.74) is 3.71. The van der Waals surface area contributed by atoms with Crippen molar-refractivity contribution in [1.29, 1.82) is 0 Å². The standard InChI is InChI=1S/C27H29FN2O2/c1-3-29-27(32)25(17-21-9-5-4-6-10-21)30(19-22-12-14-24(28)15-13-22)26(31)18-23-11-7-8-20(2)16-23/h4-16,25H,3,17-19H2,1-2H3,(H,29,32)/t25-/m0/s1. The summed E-state index contributed by atoms with van der Waals surface area (Å²) in [6, 6.07) is 22.8. The Morgan fingerprint density at radius 1 is 0.906 bits per heavy atom. The van der Waals surface area contributed by atoms with E-state index in [0.717, 1.165) is 22.3 Å². The van der Waals surface area contributed by atoms with E-state index in [0.29, 0.717) is 13.0 Å². The van der Waals surface area contributed by atoms with Crippen LogP contribution in [0.3, 0.4) is 0 Å². The summed E-state index contributed by atoms with van der Waals surface area (Å²) >= 11 is 0. The van der Waals surface area contributed by atoms with Crippen molar-refractivity contribution < 1.29 is 14.0 Å². The minimum absolute atomic E-state index is 0.146. The summed E-state index contributed by atoms with van der Waals surface area (Å²) in [4.78, 5) is 28.2. The first-order valence-electron chi connectivity index (χ1n) is 10.9. The maximum absolute atomic E-state index is 13.5. The zero-order valence-electron chi connectivity index (χ0n) is 18.6. The van der Waals surface area contributed by atoms with Gasteiger partial charge in [0, 0.05) is 19.5 Å². The largest absolute Gasteiger partial charge is 0.355 e. The molecular formula is C27H29FN2O2. The number of carbonyl (C=O) groups is 2. The molecule has 4 nitrogen and oxygen atoms in total. The first kappa shape index (κ1) is 23.2. The first-order chi connectivity index (χ1) is 15.5. The lowest BCUT2D eigenvalue weighted by molar-refractivity contribution is -0.140. The molecule has 166 valence electrons. The van der Waals surface area contributed by atoms with Gasteiger partial charge in [0.15, 0.2) is 0 Å². The third-order valence-electron chi connectivity index (χ3n) is 5.33. The zero-order chi connectivity index (χ0) is 22.9. The molecule has 32 heavy (non-hydrogen) atoms. The molecule has 2 amide bonds. The van der Waals surface area contributed by atoms with Gasteiger partial charge in [-0.1, -0.05) is 72.3 Å². The highest BCUT2D eigenvalue weighted by Crippen LogP contribution is 2.17. The number of carbonyl (C=O) groups excluding carboxylic acids is 2. The van der Waals surface area contributed by atoms with Gasteiger partial charge < -0.3 is 10.2 Å². The van der Waals surface area contributed by atoms with Crippen molar-refractivity contribution in [3.63, 3.8) is 0 Å². The summed E-state index contributed by atoms with van der Waals surface area (Å²) in [5.74, 6) is -0.681. The lowest BCUT2D eigenvalue weighted by Gasteiger charge is -2.31. The molecule has 3 aromatic rings. The number of nitrogens with one attached hydrogen (secondary N) is 1. The van der Waals surface area contributed by atoms with Crippen LogP contribution in [0.15, 0.2) is 78.9 Å². The van der Waals surface area contributed by atoms with Crippen LogP contribution in [-0.4, -0.2) is 29.3 Å². The van der Waals surface area contributed by atoms with Gasteiger partial charge in [-0.25, -0.2) is 4.39 Å². The molecular weight excluding hydrogens is 403 g/mol. The Morgan fingerprint density at radius 2 is 1.59 bits per heavy atom. The Kier molecular flexibility index (Phi) is 8.14. The molecule has 0 saturated heterocycles. The Morgan fingerprint density at radius 3 is 2.25 bits per heavy atom. The minimum atomic E-state index is -0.681. The fourth-order valence-corrected chi connectivity index (χ4v) is 3.73. The van der Waals surface area contributed by atoms with Crippen LogP contribution >= 0.6 is 0 Å². The van der Waals surface area contributed by atoms with Crippen molar-refractivity contribution >= 4 is 11.8 Å². The van der Waals surface area contributed by atoms with Crippen LogP contribution in [0, 0.1) is 12.7 Å². The number of halogens is 1. The number of amides is 2. The van der Waals surface area contributed by atoms with Gasteiger partial charge in [-0.3, -0.25) is 9.59 Å². The molecule has 0 aliphatic rings. The van der Waals surface area contributed by atoms with Crippen molar-refractivity contribution in [1.82, 2.24) is 10.2 Å². The predicted octanol–water partition coefficient (Wildman–Crippen LogP) is 4.45. The molecule has 0 spiro atoms. The Hall–Kier alpha value is -3.47. The Labute approximate surface area is 189 Å². The predicted molar refractivity (Wildman–Crippen MR) is 124 cm³/mol. The molecule has 0 aliphatic heterocycles. The number of nitrogens with zero attached hydrogens (tertiary/aromatic N) is 1. The van der Waals surface area contributed by atoms with Crippen LogP contribution in [0.25, 0.3) is 0 Å². The fourth-order valence-electron chi connectivity index (χ4n) is 3.73. The summed E-state index contributed by atoms with van der Waals surface area (Å²) in [6.45, 7) is 4.54. The highest BCUT2D eigenvalue weighted by atomic mass is 19.1. The van der Waals surface area contributed by atoms with Gasteiger partial charge in [-0.05, 0) is 42.7 Å². The van der Waals surface area contributed by atoms with Crippen molar-refractivity contribution in [3.05, 3.63) is 107 Å². The number of likely N-dealkylation sites (N-methyl/N-ethyl adjacent to an activating group) is 1. The third-order valence-corrected chi connectivity index (χ3v) is 5.33. The summed E-state index contributed by atoms with van der Waals surface area (Å²) in [6.07, 6.45) is 0.584.